The standard InChI is InChI=1S/C19H15F2N3O4S2/c1-11-15(29-18(22-11)13-5-3-2-4-6-13)17(26)24-23-16(25)12-7-9-14(10-8-12)30(27,28)19(20)21/h2-10,19H,1H3,(H,23,25)(H,24,26). The molecule has 2 amide bonds. The molecule has 0 aliphatic carbocycles. The highest BCUT2D eigenvalue weighted by molar-refractivity contribution is 7.91. The first-order chi connectivity index (χ1) is 14.2. The van der Waals surface area contributed by atoms with Gasteiger partial charge in [-0.2, -0.15) is 8.78 Å². The second-order valence-electron chi connectivity index (χ2n) is 6.04. The van der Waals surface area contributed by atoms with E-state index in [2.05, 4.69) is 15.8 Å². The number of carbonyl (C=O) groups excluding carboxylic acids is 2. The highest BCUT2D eigenvalue weighted by atomic mass is 32.2. The molecule has 0 atom stereocenters. The van der Waals surface area contributed by atoms with Gasteiger partial charge in [-0.25, -0.2) is 13.4 Å². The van der Waals surface area contributed by atoms with Gasteiger partial charge in [0, 0.05) is 11.1 Å². The van der Waals surface area contributed by atoms with Crippen molar-refractivity contribution in [3.8, 4) is 10.6 Å². The molecule has 0 bridgehead atoms. The predicted molar refractivity (Wildman–Crippen MR) is 107 cm³/mol. The summed E-state index contributed by atoms with van der Waals surface area (Å²) in [5, 5.41) is 0.653. The van der Waals surface area contributed by atoms with E-state index >= 15 is 0 Å². The number of nitrogens with zero attached hydrogens (tertiary/aromatic N) is 1. The van der Waals surface area contributed by atoms with E-state index in [1.807, 2.05) is 30.3 Å². The summed E-state index contributed by atoms with van der Waals surface area (Å²) in [6, 6.07) is 13.2. The van der Waals surface area contributed by atoms with Gasteiger partial charge in [0.1, 0.15) is 9.88 Å². The number of halogens is 2. The molecular formula is C19H15F2N3O4S2. The molecule has 2 N–H and O–H groups in total. The van der Waals surface area contributed by atoms with Gasteiger partial charge in [0.05, 0.1) is 10.6 Å². The highest BCUT2D eigenvalue weighted by Gasteiger charge is 2.26. The van der Waals surface area contributed by atoms with Crippen molar-refractivity contribution in [1.29, 1.82) is 0 Å². The van der Waals surface area contributed by atoms with Crippen molar-refractivity contribution in [2.75, 3.05) is 0 Å². The van der Waals surface area contributed by atoms with E-state index in [1.165, 1.54) is 0 Å². The lowest BCUT2D eigenvalue weighted by Gasteiger charge is -2.08. The second kappa shape index (κ2) is 8.67. The van der Waals surface area contributed by atoms with Crippen LogP contribution in [0.15, 0.2) is 59.5 Å². The number of nitrogens with one attached hydrogen (secondary N) is 2. The van der Waals surface area contributed by atoms with Gasteiger partial charge in [-0.1, -0.05) is 30.3 Å². The van der Waals surface area contributed by atoms with Crippen molar-refractivity contribution in [3.05, 3.63) is 70.7 Å². The van der Waals surface area contributed by atoms with Gasteiger partial charge in [-0.15, -0.1) is 11.3 Å². The molecule has 3 aromatic rings. The third-order valence-corrected chi connectivity index (χ3v) is 6.60. The summed E-state index contributed by atoms with van der Waals surface area (Å²) in [6.07, 6.45) is 0. The summed E-state index contributed by atoms with van der Waals surface area (Å²) in [4.78, 5) is 28.6. The van der Waals surface area contributed by atoms with Crippen LogP contribution in [0.3, 0.4) is 0 Å². The number of hydrogen-bond donors (Lipinski definition) is 2. The Kier molecular flexibility index (Phi) is 6.22. The monoisotopic (exact) mass is 451 g/mol. The first-order valence-electron chi connectivity index (χ1n) is 8.46. The van der Waals surface area contributed by atoms with Crippen LogP contribution in [0.1, 0.15) is 25.7 Å². The third kappa shape index (κ3) is 4.52. The maximum atomic E-state index is 12.6. The molecule has 3 rings (SSSR count). The van der Waals surface area contributed by atoms with Crippen LogP contribution in [0.5, 0.6) is 0 Å². The fourth-order valence-electron chi connectivity index (χ4n) is 2.45. The lowest BCUT2D eigenvalue weighted by molar-refractivity contribution is 0.0848. The molecule has 0 fully saturated rings. The number of rotatable bonds is 5. The minimum absolute atomic E-state index is 0.0190. The molecule has 1 aromatic heterocycles. The number of amides is 2. The molecule has 0 aliphatic rings. The van der Waals surface area contributed by atoms with Crippen molar-refractivity contribution >= 4 is 33.0 Å². The first kappa shape index (κ1) is 21.5. The predicted octanol–water partition coefficient (Wildman–Crippen LogP) is 3.19. The fraction of sp³-hybridized carbons (Fsp3) is 0.105. The van der Waals surface area contributed by atoms with Gasteiger partial charge in [0.15, 0.2) is 0 Å². The summed E-state index contributed by atoms with van der Waals surface area (Å²) >= 11 is 1.16. The maximum Gasteiger partial charge on any atom is 0.341 e. The van der Waals surface area contributed by atoms with E-state index in [0.717, 1.165) is 41.2 Å². The van der Waals surface area contributed by atoms with E-state index in [0.29, 0.717) is 15.6 Å². The summed E-state index contributed by atoms with van der Waals surface area (Å²) in [5.41, 5.74) is 5.78. The Bertz CT molecular complexity index is 1180. The van der Waals surface area contributed by atoms with Crippen LogP contribution >= 0.6 is 11.3 Å². The van der Waals surface area contributed by atoms with Crippen molar-refractivity contribution in [1.82, 2.24) is 15.8 Å². The van der Waals surface area contributed by atoms with Crippen molar-refractivity contribution in [2.45, 2.75) is 17.6 Å². The number of benzene rings is 2. The zero-order chi connectivity index (χ0) is 21.9. The molecule has 0 saturated carbocycles. The number of hydrogen-bond acceptors (Lipinski definition) is 6. The van der Waals surface area contributed by atoms with Crippen LogP contribution in [0.25, 0.3) is 10.6 Å². The topological polar surface area (TPSA) is 105 Å². The van der Waals surface area contributed by atoms with Crippen LogP contribution in [0.4, 0.5) is 8.78 Å². The Balaban J connectivity index is 1.67. The molecule has 2 aromatic carbocycles. The van der Waals surface area contributed by atoms with E-state index in [4.69, 9.17) is 0 Å². The third-order valence-electron chi connectivity index (χ3n) is 3.99. The Labute approximate surface area is 174 Å². The summed E-state index contributed by atoms with van der Waals surface area (Å²) < 4.78 is 47.9. The van der Waals surface area contributed by atoms with E-state index in [9.17, 15) is 26.8 Å². The largest absolute Gasteiger partial charge is 0.341 e. The molecule has 1 heterocycles. The van der Waals surface area contributed by atoms with Gasteiger partial charge in [0.2, 0.25) is 9.84 Å². The zero-order valence-electron chi connectivity index (χ0n) is 15.4. The highest BCUT2D eigenvalue weighted by Crippen LogP contribution is 2.27. The number of thiazole rings is 1. The smallest absolute Gasteiger partial charge is 0.267 e. The minimum atomic E-state index is -4.75. The average molecular weight is 451 g/mol. The van der Waals surface area contributed by atoms with Gasteiger partial charge in [-0.3, -0.25) is 20.4 Å². The Morgan fingerprint density at radius 3 is 2.17 bits per heavy atom. The number of alkyl halides is 2. The minimum Gasteiger partial charge on any atom is -0.267 e. The molecule has 30 heavy (non-hydrogen) atoms. The number of sulfone groups is 1. The molecule has 156 valence electrons. The summed E-state index contributed by atoms with van der Waals surface area (Å²) in [7, 11) is -4.75. The van der Waals surface area contributed by atoms with Crippen LogP contribution in [-0.2, 0) is 9.84 Å². The number of carbonyl (C=O) groups is 2. The fourth-order valence-corrected chi connectivity index (χ4v) is 4.14. The number of hydrazine groups is 1. The quantitative estimate of drug-likeness (QED) is 0.580. The molecule has 0 unspecified atom stereocenters. The molecule has 7 nitrogen and oxygen atoms in total. The van der Waals surface area contributed by atoms with E-state index < -0.39 is 32.3 Å². The first-order valence-corrected chi connectivity index (χ1v) is 10.8. The zero-order valence-corrected chi connectivity index (χ0v) is 17.1. The van der Waals surface area contributed by atoms with Crippen LogP contribution in [0, 0.1) is 6.92 Å². The van der Waals surface area contributed by atoms with Gasteiger partial charge in [0.25, 0.3) is 11.8 Å². The Morgan fingerprint density at radius 2 is 1.57 bits per heavy atom. The van der Waals surface area contributed by atoms with E-state index in [1.54, 1.807) is 6.92 Å². The summed E-state index contributed by atoms with van der Waals surface area (Å²) in [6.45, 7) is 1.67. The normalized spacial score (nSPS) is 11.3. The van der Waals surface area contributed by atoms with Gasteiger partial charge in [-0.05, 0) is 31.2 Å². The second-order valence-corrected chi connectivity index (χ2v) is 8.95. The van der Waals surface area contributed by atoms with E-state index in [-0.39, 0.29) is 5.56 Å². The Morgan fingerprint density at radius 1 is 0.967 bits per heavy atom. The molecule has 0 radical (unpaired) electrons. The summed E-state index contributed by atoms with van der Waals surface area (Å²) in [5.74, 6) is -4.87. The molecule has 0 aliphatic heterocycles. The van der Waals surface area contributed by atoms with Crippen LogP contribution in [-0.4, -0.2) is 31.0 Å². The van der Waals surface area contributed by atoms with Crippen molar-refractivity contribution in [3.63, 3.8) is 0 Å². The molecule has 0 saturated heterocycles. The molecule has 11 heteroatoms. The maximum absolute atomic E-state index is 12.6. The average Bonchev–Trinajstić information content (AvgIpc) is 3.14. The SMILES string of the molecule is Cc1nc(-c2ccccc2)sc1C(=O)NNC(=O)c1ccc(S(=O)(=O)C(F)F)cc1. The van der Waals surface area contributed by atoms with Gasteiger partial charge < -0.3 is 0 Å². The number of aromatic nitrogens is 1. The Hall–Kier alpha value is -3.18. The van der Waals surface area contributed by atoms with Crippen LogP contribution < -0.4 is 10.9 Å². The lowest BCUT2D eigenvalue weighted by atomic mass is 10.2. The molecule has 0 spiro atoms. The lowest BCUT2D eigenvalue weighted by Crippen LogP contribution is -2.41. The van der Waals surface area contributed by atoms with Crippen molar-refractivity contribution < 1.29 is 26.8 Å². The van der Waals surface area contributed by atoms with Gasteiger partial charge >= 0.3 is 5.76 Å². The van der Waals surface area contributed by atoms with Crippen LogP contribution in [0.2, 0.25) is 0 Å². The molecular weight excluding hydrogens is 436 g/mol. The van der Waals surface area contributed by atoms with Crippen molar-refractivity contribution in [2.24, 2.45) is 0 Å². The number of aryl methyl sites for hydroxylation is 1.